The van der Waals surface area contributed by atoms with Gasteiger partial charge in [0.15, 0.2) is 0 Å². The Bertz CT molecular complexity index is 922. The fourth-order valence-corrected chi connectivity index (χ4v) is 3.88. The Hall–Kier alpha value is -3.26. The van der Waals surface area contributed by atoms with Gasteiger partial charge in [0.2, 0.25) is 0 Å². The number of hydrogen-bond acceptors (Lipinski definition) is 2. The predicted molar refractivity (Wildman–Crippen MR) is 105 cm³/mol. The van der Waals surface area contributed by atoms with Gasteiger partial charge in [-0.1, -0.05) is 60.7 Å². The number of aromatic nitrogens is 2. The smallest absolute Gasteiger partial charge is 0.0525 e. The zero-order chi connectivity index (χ0) is 17.3. The Morgan fingerprint density at radius 3 is 1.38 bits per heavy atom. The van der Waals surface area contributed by atoms with Gasteiger partial charge in [0, 0.05) is 36.4 Å². The Balaban J connectivity index is 0.000000115. The monoisotopic (exact) mass is 334 g/mol. The standard InChI is InChI=1S/2C12H9N/c2*1-2-5-10-9(4-1)8-12-11(10)6-3-7-13-12/h2*1-7H,8H2. The highest BCUT2D eigenvalue weighted by Gasteiger charge is 2.18. The summed E-state index contributed by atoms with van der Waals surface area (Å²) in [7, 11) is 0. The number of pyridine rings is 2. The molecule has 2 nitrogen and oxygen atoms in total. The molecule has 2 aromatic heterocycles. The molecule has 0 amide bonds. The van der Waals surface area contributed by atoms with Gasteiger partial charge >= 0.3 is 0 Å². The van der Waals surface area contributed by atoms with Crippen LogP contribution in [0.5, 0.6) is 0 Å². The Labute approximate surface area is 153 Å². The van der Waals surface area contributed by atoms with Crippen LogP contribution in [-0.4, -0.2) is 9.97 Å². The molecule has 2 aliphatic rings. The first-order valence-corrected chi connectivity index (χ1v) is 8.94. The summed E-state index contributed by atoms with van der Waals surface area (Å²) >= 11 is 0. The molecule has 2 heteroatoms. The van der Waals surface area contributed by atoms with E-state index in [1.165, 1.54) is 44.8 Å². The second kappa shape index (κ2) is 6.23. The first kappa shape index (κ1) is 15.0. The van der Waals surface area contributed by atoms with Crippen LogP contribution in [0.15, 0.2) is 85.2 Å². The zero-order valence-electron chi connectivity index (χ0n) is 14.4. The summed E-state index contributed by atoms with van der Waals surface area (Å²) in [6.07, 6.45) is 5.72. The average molecular weight is 334 g/mol. The van der Waals surface area contributed by atoms with E-state index in [0.717, 1.165) is 12.8 Å². The van der Waals surface area contributed by atoms with Crippen molar-refractivity contribution in [3.05, 3.63) is 108 Å². The van der Waals surface area contributed by atoms with E-state index in [2.05, 4.69) is 70.6 Å². The molecule has 0 radical (unpaired) electrons. The van der Waals surface area contributed by atoms with E-state index in [1.807, 2.05) is 24.5 Å². The molecule has 0 aliphatic heterocycles. The SMILES string of the molecule is c1ccc2c(c1)Cc1ncccc1-2.c1ccc2c(c1)Cc1ncccc1-2. The summed E-state index contributed by atoms with van der Waals surface area (Å²) in [5.41, 5.74) is 10.5. The summed E-state index contributed by atoms with van der Waals surface area (Å²) in [4.78, 5) is 8.75. The predicted octanol–water partition coefficient (Wildman–Crippen LogP) is 5.31. The summed E-state index contributed by atoms with van der Waals surface area (Å²) in [6, 6.07) is 25.3. The van der Waals surface area contributed by atoms with Gasteiger partial charge in [-0.05, 0) is 34.4 Å². The summed E-state index contributed by atoms with van der Waals surface area (Å²) < 4.78 is 0. The van der Waals surface area contributed by atoms with Crippen LogP contribution >= 0.6 is 0 Å². The van der Waals surface area contributed by atoms with Crippen LogP contribution in [0, 0.1) is 0 Å². The molecule has 2 aromatic carbocycles. The number of nitrogens with zero attached hydrogens (tertiary/aromatic N) is 2. The lowest BCUT2D eigenvalue weighted by molar-refractivity contribution is 1.12. The molecule has 124 valence electrons. The molecule has 2 aliphatic carbocycles. The van der Waals surface area contributed by atoms with Crippen molar-refractivity contribution >= 4 is 0 Å². The number of rotatable bonds is 0. The van der Waals surface area contributed by atoms with E-state index in [-0.39, 0.29) is 0 Å². The largest absolute Gasteiger partial charge is 0.260 e. The molecule has 0 bridgehead atoms. The minimum absolute atomic E-state index is 0.992. The maximum absolute atomic E-state index is 4.37. The summed E-state index contributed by atoms with van der Waals surface area (Å²) in [5.74, 6) is 0. The van der Waals surface area contributed by atoms with Crippen LogP contribution in [0.4, 0.5) is 0 Å². The second-order valence-corrected chi connectivity index (χ2v) is 6.66. The van der Waals surface area contributed by atoms with Crippen molar-refractivity contribution in [1.82, 2.24) is 9.97 Å². The van der Waals surface area contributed by atoms with E-state index in [9.17, 15) is 0 Å². The van der Waals surface area contributed by atoms with Crippen LogP contribution in [-0.2, 0) is 12.8 Å². The molecule has 0 spiro atoms. The van der Waals surface area contributed by atoms with Gasteiger partial charge in [-0.15, -0.1) is 0 Å². The number of hydrogen-bond donors (Lipinski definition) is 0. The van der Waals surface area contributed by atoms with E-state index in [0.29, 0.717) is 0 Å². The third kappa shape index (κ3) is 2.51. The van der Waals surface area contributed by atoms with Crippen LogP contribution in [0.2, 0.25) is 0 Å². The molecule has 0 atom stereocenters. The third-order valence-electron chi connectivity index (χ3n) is 5.11. The Morgan fingerprint density at radius 2 is 0.885 bits per heavy atom. The number of benzene rings is 2. The lowest BCUT2D eigenvalue weighted by atomic mass is 10.1. The van der Waals surface area contributed by atoms with Crippen molar-refractivity contribution in [1.29, 1.82) is 0 Å². The van der Waals surface area contributed by atoms with Crippen LogP contribution < -0.4 is 0 Å². The van der Waals surface area contributed by atoms with Gasteiger partial charge < -0.3 is 0 Å². The quantitative estimate of drug-likeness (QED) is 0.376. The average Bonchev–Trinajstić information content (AvgIpc) is 3.27. The molecule has 26 heavy (non-hydrogen) atoms. The van der Waals surface area contributed by atoms with Gasteiger partial charge in [-0.2, -0.15) is 0 Å². The van der Waals surface area contributed by atoms with Crippen molar-refractivity contribution in [2.45, 2.75) is 12.8 Å². The maximum Gasteiger partial charge on any atom is 0.0525 e. The minimum Gasteiger partial charge on any atom is -0.260 e. The first-order valence-electron chi connectivity index (χ1n) is 8.94. The van der Waals surface area contributed by atoms with E-state index in [1.54, 1.807) is 0 Å². The van der Waals surface area contributed by atoms with Gasteiger partial charge in [-0.3, -0.25) is 9.97 Å². The van der Waals surface area contributed by atoms with E-state index in [4.69, 9.17) is 0 Å². The highest BCUT2D eigenvalue weighted by atomic mass is 14.7. The summed E-state index contributed by atoms with van der Waals surface area (Å²) in [6.45, 7) is 0. The molecule has 0 saturated heterocycles. The molecule has 0 unspecified atom stereocenters. The highest BCUT2D eigenvalue weighted by Crippen LogP contribution is 2.35. The molecule has 6 rings (SSSR count). The van der Waals surface area contributed by atoms with Crippen molar-refractivity contribution in [3.8, 4) is 22.3 Å². The highest BCUT2D eigenvalue weighted by molar-refractivity contribution is 5.75. The molecule has 0 N–H and O–H groups in total. The van der Waals surface area contributed by atoms with E-state index >= 15 is 0 Å². The molecular weight excluding hydrogens is 316 g/mol. The topological polar surface area (TPSA) is 25.8 Å². The third-order valence-corrected chi connectivity index (χ3v) is 5.11. The zero-order valence-corrected chi connectivity index (χ0v) is 14.4. The minimum atomic E-state index is 0.992. The van der Waals surface area contributed by atoms with E-state index < -0.39 is 0 Å². The maximum atomic E-state index is 4.37. The van der Waals surface area contributed by atoms with Gasteiger partial charge in [0.25, 0.3) is 0 Å². The fraction of sp³-hybridized carbons (Fsp3) is 0.0833. The molecule has 0 saturated carbocycles. The molecular formula is C24H18N2. The van der Waals surface area contributed by atoms with Gasteiger partial charge in [-0.25, -0.2) is 0 Å². The van der Waals surface area contributed by atoms with Gasteiger partial charge in [0.1, 0.15) is 0 Å². The van der Waals surface area contributed by atoms with Crippen molar-refractivity contribution in [2.75, 3.05) is 0 Å². The normalized spacial score (nSPS) is 12.3. The van der Waals surface area contributed by atoms with Crippen molar-refractivity contribution < 1.29 is 0 Å². The Morgan fingerprint density at radius 1 is 0.462 bits per heavy atom. The molecule has 0 fully saturated rings. The van der Waals surface area contributed by atoms with Crippen molar-refractivity contribution in [2.24, 2.45) is 0 Å². The summed E-state index contributed by atoms with van der Waals surface area (Å²) in [5, 5.41) is 0. The van der Waals surface area contributed by atoms with Crippen LogP contribution in [0.1, 0.15) is 22.5 Å². The fourth-order valence-electron chi connectivity index (χ4n) is 3.88. The second-order valence-electron chi connectivity index (χ2n) is 6.66. The Kier molecular flexibility index (Phi) is 3.60. The van der Waals surface area contributed by atoms with Crippen molar-refractivity contribution in [3.63, 3.8) is 0 Å². The van der Waals surface area contributed by atoms with Crippen LogP contribution in [0.25, 0.3) is 22.3 Å². The van der Waals surface area contributed by atoms with Gasteiger partial charge in [0.05, 0.1) is 11.4 Å². The first-order chi connectivity index (χ1) is 12.9. The number of fused-ring (bicyclic) bond motifs is 6. The lowest BCUT2D eigenvalue weighted by Gasteiger charge is -1.97. The van der Waals surface area contributed by atoms with Crippen LogP contribution in [0.3, 0.4) is 0 Å². The molecule has 2 heterocycles. The lowest BCUT2D eigenvalue weighted by Crippen LogP contribution is -1.83. The molecule has 4 aromatic rings.